The number of nitrogens with one attached hydrogen (secondary N) is 3. The zero-order valence-electron chi connectivity index (χ0n) is 27.6. The molecule has 0 heterocycles. The minimum absolute atomic E-state index is 0.0871. The van der Waals surface area contributed by atoms with Crippen molar-refractivity contribution in [3.05, 3.63) is 59.7 Å². The summed E-state index contributed by atoms with van der Waals surface area (Å²) in [6.07, 6.45) is -0.709. The molecule has 0 aliphatic carbocycles. The monoisotopic (exact) mass is 645 g/mol. The summed E-state index contributed by atoms with van der Waals surface area (Å²) in [6.45, 7) is 13.9. The maximum atomic E-state index is 13.8. The minimum atomic E-state index is -1.22. The van der Waals surface area contributed by atoms with Crippen molar-refractivity contribution in [3.8, 4) is 11.5 Å². The maximum absolute atomic E-state index is 13.8. The number of amides is 3. The Kier molecular flexibility index (Phi) is 13.1. The molecule has 2 rings (SSSR count). The molecule has 0 aliphatic heterocycles. The van der Waals surface area contributed by atoms with Gasteiger partial charge in [0.1, 0.15) is 41.3 Å². The number of hydrogen-bond acceptors (Lipinski definition) is 8. The number of benzene rings is 2. The van der Waals surface area contributed by atoms with Gasteiger partial charge in [-0.2, -0.15) is 0 Å². The fourth-order valence-corrected chi connectivity index (χ4v) is 5.14. The highest BCUT2D eigenvalue weighted by Crippen LogP contribution is 2.32. The molecule has 4 N–H and O–H groups in total. The predicted molar refractivity (Wildman–Crippen MR) is 175 cm³/mol. The molecule has 12 heteroatoms. The number of methoxy groups -OCH3 is 1. The van der Waals surface area contributed by atoms with Crippen LogP contribution in [-0.2, 0) is 31.3 Å². The normalized spacial score (nSPS) is 13.2. The molecule has 0 unspecified atom stereocenters. The second-order valence-corrected chi connectivity index (χ2v) is 14.7. The highest BCUT2D eigenvalue weighted by Gasteiger charge is 2.39. The van der Waals surface area contributed by atoms with Gasteiger partial charge >= 0.3 is 12.1 Å². The summed E-state index contributed by atoms with van der Waals surface area (Å²) >= 11 is 1.41. The second-order valence-electron chi connectivity index (χ2n) is 13.1. The molecule has 0 aromatic heterocycles. The van der Waals surface area contributed by atoms with Crippen LogP contribution in [0.25, 0.3) is 0 Å². The zero-order valence-corrected chi connectivity index (χ0v) is 28.4. The molecule has 248 valence electrons. The number of rotatable bonds is 14. The zero-order chi connectivity index (χ0) is 34.0. The van der Waals surface area contributed by atoms with E-state index in [9.17, 15) is 19.2 Å². The number of carbonyl (C=O) groups is 4. The second kappa shape index (κ2) is 15.9. The summed E-state index contributed by atoms with van der Waals surface area (Å²) in [5.41, 5.74) is 0.494. The van der Waals surface area contributed by atoms with E-state index >= 15 is 0 Å². The van der Waals surface area contributed by atoms with Crippen molar-refractivity contribution in [2.75, 3.05) is 13.7 Å². The van der Waals surface area contributed by atoms with Crippen LogP contribution in [0.3, 0.4) is 0 Å². The first-order valence-corrected chi connectivity index (χ1v) is 15.6. The van der Waals surface area contributed by atoms with Gasteiger partial charge in [-0.1, -0.05) is 24.3 Å². The first-order valence-electron chi connectivity index (χ1n) is 14.6. The number of carboxylic acids is 1. The standard InChI is InChI=1S/C33H47N3O8S/c1-31(2,3)43-24-16-10-21(11-17-24)18-25(35-30(41)44-32(4,5)6)28(39)36-27(29(40)34-19-26(37)38)33(7,8)45-20-22-12-14-23(42-9)15-13-22/h10-17,25,27H,18-20H2,1-9H3,(H,34,40)(H,35,41)(H,36,39)(H,37,38)/t25-,27-/m0/s1. The van der Waals surface area contributed by atoms with Gasteiger partial charge in [0.15, 0.2) is 0 Å². The van der Waals surface area contributed by atoms with E-state index in [1.807, 2.05) is 45.0 Å². The molecule has 0 aliphatic rings. The first-order chi connectivity index (χ1) is 20.8. The van der Waals surface area contributed by atoms with Crippen LogP contribution in [0.5, 0.6) is 11.5 Å². The molecule has 2 atom stereocenters. The Morgan fingerprint density at radius 2 is 1.33 bits per heavy atom. The highest BCUT2D eigenvalue weighted by atomic mass is 32.2. The number of alkyl carbamates (subject to hydrolysis) is 1. The van der Waals surface area contributed by atoms with Crippen LogP contribution in [0.15, 0.2) is 48.5 Å². The van der Waals surface area contributed by atoms with E-state index in [0.29, 0.717) is 17.3 Å². The van der Waals surface area contributed by atoms with Gasteiger partial charge in [-0.15, -0.1) is 11.8 Å². The average Bonchev–Trinajstić information content (AvgIpc) is 2.92. The lowest BCUT2D eigenvalue weighted by Crippen LogP contribution is -2.60. The summed E-state index contributed by atoms with van der Waals surface area (Å²) < 4.78 is 15.6. The van der Waals surface area contributed by atoms with Crippen LogP contribution in [0.1, 0.15) is 66.5 Å². The Hall–Kier alpha value is -3.93. The molecule has 0 saturated carbocycles. The number of carbonyl (C=O) groups excluding carboxylic acids is 3. The van der Waals surface area contributed by atoms with Crippen LogP contribution in [0.4, 0.5) is 4.79 Å². The van der Waals surface area contributed by atoms with Crippen LogP contribution >= 0.6 is 11.8 Å². The summed E-state index contributed by atoms with van der Waals surface area (Å²) in [5.74, 6) is -0.667. The molecule has 0 saturated heterocycles. The quantitative estimate of drug-likeness (QED) is 0.229. The van der Waals surface area contributed by atoms with Crippen LogP contribution < -0.4 is 25.4 Å². The molecule has 3 amide bonds. The number of carboxylic acid groups (broad SMARTS) is 1. The van der Waals surface area contributed by atoms with Crippen molar-refractivity contribution in [2.45, 2.75) is 95.6 Å². The fraction of sp³-hybridized carbons (Fsp3) is 0.515. The number of hydrogen-bond donors (Lipinski definition) is 4. The number of thioether (sulfide) groups is 1. The smallest absolute Gasteiger partial charge is 0.408 e. The van der Waals surface area contributed by atoms with Crippen molar-refractivity contribution in [1.82, 2.24) is 16.0 Å². The SMILES string of the molecule is COc1ccc(CSC(C)(C)[C@@H](NC(=O)[C@H](Cc2ccc(OC(C)(C)C)cc2)NC(=O)OC(C)(C)C)C(=O)NCC(=O)O)cc1. The van der Waals surface area contributed by atoms with E-state index in [4.69, 9.17) is 19.3 Å². The maximum Gasteiger partial charge on any atom is 0.408 e. The lowest BCUT2D eigenvalue weighted by atomic mass is 10.00. The van der Waals surface area contributed by atoms with Crippen molar-refractivity contribution in [1.29, 1.82) is 0 Å². The third-order valence-corrected chi connectivity index (χ3v) is 7.68. The van der Waals surface area contributed by atoms with Crippen molar-refractivity contribution in [2.24, 2.45) is 0 Å². The first kappa shape index (κ1) is 37.3. The number of ether oxygens (including phenoxy) is 3. The van der Waals surface area contributed by atoms with Crippen molar-refractivity contribution >= 4 is 35.6 Å². The van der Waals surface area contributed by atoms with Gasteiger partial charge in [0, 0.05) is 16.9 Å². The van der Waals surface area contributed by atoms with Gasteiger partial charge in [-0.05, 0) is 90.8 Å². The van der Waals surface area contributed by atoms with Gasteiger partial charge in [-0.3, -0.25) is 14.4 Å². The van der Waals surface area contributed by atoms with Gasteiger partial charge in [0.2, 0.25) is 11.8 Å². The van der Waals surface area contributed by atoms with Crippen LogP contribution in [0, 0.1) is 0 Å². The van der Waals surface area contributed by atoms with Gasteiger partial charge < -0.3 is 35.3 Å². The van der Waals surface area contributed by atoms with E-state index in [0.717, 1.165) is 11.1 Å². The lowest BCUT2D eigenvalue weighted by Gasteiger charge is -2.34. The Bertz CT molecular complexity index is 1300. The van der Waals surface area contributed by atoms with E-state index in [-0.39, 0.29) is 6.42 Å². The fourth-order valence-electron chi connectivity index (χ4n) is 4.08. The predicted octanol–water partition coefficient (Wildman–Crippen LogP) is 4.71. The largest absolute Gasteiger partial charge is 0.497 e. The average molecular weight is 646 g/mol. The number of aliphatic carboxylic acids is 1. The molecule has 2 aromatic carbocycles. The summed E-state index contributed by atoms with van der Waals surface area (Å²) in [6, 6.07) is 12.3. The molecule has 45 heavy (non-hydrogen) atoms. The van der Waals surface area contributed by atoms with Crippen LogP contribution in [-0.4, -0.2) is 70.7 Å². The summed E-state index contributed by atoms with van der Waals surface area (Å²) in [5, 5.41) is 17.0. The van der Waals surface area contributed by atoms with E-state index in [1.54, 1.807) is 66.0 Å². The molecule has 0 bridgehead atoms. The molecular weight excluding hydrogens is 598 g/mol. The third-order valence-electron chi connectivity index (χ3n) is 6.22. The van der Waals surface area contributed by atoms with E-state index in [1.165, 1.54) is 11.8 Å². The Morgan fingerprint density at radius 1 is 0.778 bits per heavy atom. The molecule has 0 fully saturated rings. The Labute approximate surface area is 270 Å². The highest BCUT2D eigenvalue weighted by molar-refractivity contribution is 7.99. The molecule has 0 radical (unpaired) electrons. The molecule has 11 nitrogen and oxygen atoms in total. The topological polar surface area (TPSA) is 152 Å². The van der Waals surface area contributed by atoms with Crippen LogP contribution in [0.2, 0.25) is 0 Å². The van der Waals surface area contributed by atoms with E-state index < -0.39 is 58.5 Å². The Balaban J connectivity index is 2.34. The minimum Gasteiger partial charge on any atom is -0.497 e. The molecule has 2 aromatic rings. The van der Waals surface area contributed by atoms with Gasteiger partial charge in [0.05, 0.1) is 7.11 Å². The van der Waals surface area contributed by atoms with Crippen molar-refractivity contribution in [3.63, 3.8) is 0 Å². The van der Waals surface area contributed by atoms with Gasteiger partial charge in [0.25, 0.3) is 0 Å². The van der Waals surface area contributed by atoms with Gasteiger partial charge in [-0.25, -0.2) is 4.79 Å². The Morgan fingerprint density at radius 3 is 1.84 bits per heavy atom. The lowest BCUT2D eigenvalue weighted by molar-refractivity contribution is -0.138. The molecule has 0 spiro atoms. The third kappa shape index (κ3) is 13.7. The van der Waals surface area contributed by atoms with Crippen molar-refractivity contribution < 1.29 is 38.5 Å². The summed E-state index contributed by atoms with van der Waals surface area (Å²) in [4.78, 5) is 51.1. The molecular formula is C33H47N3O8S. The summed E-state index contributed by atoms with van der Waals surface area (Å²) in [7, 11) is 1.58. The van der Waals surface area contributed by atoms with E-state index in [2.05, 4.69) is 16.0 Å².